The number of nitrogens with zero attached hydrogens (tertiary/aromatic N) is 3. The number of likely N-dealkylation sites (tertiary alicyclic amines) is 1. The van der Waals surface area contributed by atoms with Crippen LogP contribution in [0.25, 0.3) is 0 Å². The van der Waals surface area contributed by atoms with Crippen molar-refractivity contribution >= 4 is 6.03 Å². The summed E-state index contributed by atoms with van der Waals surface area (Å²) in [5.74, 6) is 1.00. The second-order valence-corrected chi connectivity index (χ2v) is 10.3. The topological polar surface area (TPSA) is 48.5 Å². The van der Waals surface area contributed by atoms with Crippen LogP contribution in [0.1, 0.15) is 61.1 Å². The lowest BCUT2D eigenvalue weighted by atomic mass is 9.97. The first-order chi connectivity index (χ1) is 16.6. The number of urea groups is 1. The van der Waals surface area contributed by atoms with E-state index in [0.717, 1.165) is 31.6 Å². The van der Waals surface area contributed by atoms with Gasteiger partial charge in [-0.25, -0.2) is 4.79 Å². The molecule has 2 aliphatic heterocycles. The molecule has 4 rings (SSSR count). The molecule has 2 unspecified atom stereocenters. The van der Waals surface area contributed by atoms with Crippen LogP contribution in [-0.2, 0) is 25.6 Å². The van der Waals surface area contributed by atoms with E-state index < -0.39 is 11.7 Å². The number of nitrogens with one attached hydrogen (secondary N) is 1. The van der Waals surface area contributed by atoms with Gasteiger partial charge in [-0.2, -0.15) is 13.2 Å². The normalized spacial score (nSPS) is 19.2. The fraction of sp³-hybridized carbons (Fsp3) is 0.556. The first-order valence-corrected chi connectivity index (χ1v) is 12.5. The molecular formula is C27H35F3N4O. The fourth-order valence-corrected chi connectivity index (χ4v) is 4.93. The molecular weight excluding hydrogens is 453 g/mol. The molecule has 0 radical (unpaired) electrons. The second kappa shape index (κ2) is 10.6. The predicted octanol–water partition coefficient (Wildman–Crippen LogP) is 5.24. The maximum Gasteiger partial charge on any atom is 0.417 e. The summed E-state index contributed by atoms with van der Waals surface area (Å²) in [6.45, 7) is 9.43. The first-order valence-electron chi connectivity index (χ1n) is 12.5. The minimum atomic E-state index is -4.43. The van der Waals surface area contributed by atoms with Gasteiger partial charge in [-0.15, -0.1) is 0 Å². The Labute approximate surface area is 205 Å². The molecule has 1 N–H and O–H groups in total. The van der Waals surface area contributed by atoms with E-state index in [1.165, 1.54) is 11.1 Å². The van der Waals surface area contributed by atoms with Crippen LogP contribution >= 0.6 is 0 Å². The number of halogens is 3. The fourth-order valence-electron chi connectivity index (χ4n) is 4.93. The van der Waals surface area contributed by atoms with Crippen molar-refractivity contribution in [2.45, 2.75) is 64.7 Å². The monoisotopic (exact) mass is 488 g/mol. The highest BCUT2D eigenvalue weighted by Crippen LogP contribution is 2.31. The van der Waals surface area contributed by atoms with E-state index in [1.54, 1.807) is 4.90 Å². The number of rotatable bonds is 6. The van der Waals surface area contributed by atoms with Crippen molar-refractivity contribution in [3.05, 3.63) is 64.5 Å². The van der Waals surface area contributed by atoms with Gasteiger partial charge in [-0.05, 0) is 54.0 Å². The molecule has 2 aromatic rings. The zero-order valence-corrected chi connectivity index (χ0v) is 20.7. The lowest BCUT2D eigenvalue weighted by molar-refractivity contribution is -0.137. The third-order valence-corrected chi connectivity index (χ3v) is 7.08. The summed E-state index contributed by atoms with van der Waals surface area (Å²) >= 11 is 0. The maximum absolute atomic E-state index is 13.1. The first kappa shape index (κ1) is 25.5. The van der Waals surface area contributed by atoms with Crippen LogP contribution in [0.15, 0.2) is 36.5 Å². The van der Waals surface area contributed by atoms with Crippen LogP contribution in [0, 0.1) is 5.92 Å². The van der Waals surface area contributed by atoms with Crippen LogP contribution < -0.4 is 5.32 Å². The number of alkyl halides is 3. The van der Waals surface area contributed by atoms with E-state index in [1.807, 2.05) is 4.90 Å². The molecule has 35 heavy (non-hydrogen) atoms. The summed E-state index contributed by atoms with van der Waals surface area (Å²) < 4.78 is 39.2. The Morgan fingerprint density at radius 2 is 1.89 bits per heavy atom. The van der Waals surface area contributed by atoms with Gasteiger partial charge in [0, 0.05) is 50.5 Å². The van der Waals surface area contributed by atoms with Crippen molar-refractivity contribution in [1.29, 1.82) is 0 Å². The molecule has 2 amide bonds. The minimum absolute atomic E-state index is 0.101. The molecule has 1 saturated heterocycles. The van der Waals surface area contributed by atoms with Gasteiger partial charge in [-0.3, -0.25) is 4.98 Å². The number of amides is 2. The molecule has 190 valence electrons. The van der Waals surface area contributed by atoms with Crippen LogP contribution in [0.3, 0.4) is 0 Å². The molecule has 1 fully saturated rings. The van der Waals surface area contributed by atoms with Gasteiger partial charge in [0.15, 0.2) is 0 Å². The number of carbonyl (C=O) groups excluding carboxylic acids is 1. The van der Waals surface area contributed by atoms with Gasteiger partial charge in [0.2, 0.25) is 0 Å². The smallest absolute Gasteiger partial charge is 0.323 e. The Kier molecular flexibility index (Phi) is 7.69. The minimum Gasteiger partial charge on any atom is -0.323 e. The third-order valence-electron chi connectivity index (χ3n) is 7.08. The highest BCUT2D eigenvalue weighted by Gasteiger charge is 2.34. The van der Waals surface area contributed by atoms with E-state index in [0.29, 0.717) is 49.1 Å². The van der Waals surface area contributed by atoms with Gasteiger partial charge in [0.1, 0.15) is 0 Å². The molecule has 3 heterocycles. The summed E-state index contributed by atoms with van der Waals surface area (Å²) in [5, 5.41) is 3.61. The van der Waals surface area contributed by atoms with Crippen molar-refractivity contribution in [2.75, 3.05) is 26.2 Å². The lowest BCUT2D eigenvalue weighted by Crippen LogP contribution is -2.46. The number of carbonyl (C=O) groups is 1. The quantitative estimate of drug-likeness (QED) is 0.605. The predicted molar refractivity (Wildman–Crippen MR) is 130 cm³/mol. The second-order valence-electron chi connectivity index (χ2n) is 10.3. The highest BCUT2D eigenvalue weighted by atomic mass is 19.4. The molecule has 1 aromatic carbocycles. The standard InChI is InChI=1S/C27H35F3N4O/c1-18(2)21-6-4-20(5-7-21)12-19(3)14-31-24-8-10-34(17-24)26(35)33-11-9-25-22(16-33)13-23(15-32-25)27(28,29)30/h4-7,13,15,18-19,24,31H,8-12,14,16-17H2,1-3H3. The summed E-state index contributed by atoms with van der Waals surface area (Å²) in [4.78, 5) is 20.5. The van der Waals surface area contributed by atoms with Crippen molar-refractivity contribution in [2.24, 2.45) is 5.92 Å². The zero-order valence-electron chi connectivity index (χ0n) is 20.7. The number of pyridine rings is 1. The summed E-state index contributed by atoms with van der Waals surface area (Å²) in [6, 6.07) is 10.1. The number of aromatic nitrogens is 1. The van der Waals surface area contributed by atoms with E-state index in [-0.39, 0.29) is 18.6 Å². The summed E-state index contributed by atoms with van der Waals surface area (Å²) in [7, 11) is 0. The SMILES string of the molecule is CC(CNC1CCN(C(=O)N2CCc3ncc(C(F)(F)F)cc3C2)C1)Cc1ccc(C(C)C)cc1. The van der Waals surface area contributed by atoms with Crippen LogP contribution in [0.4, 0.5) is 18.0 Å². The molecule has 2 aliphatic rings. The summed E-state index contributed by atoms with van der Waals surface area (Å²) in [5.41, 5.74) is 3.06. The van der Waals surface area contributed by atoms with Crippen LogP contribution in [-0.4, -0.2) is 53.0 Å². The van der Waals surface area contributed by atoms with Gasteiger partial charge >= 0.3 is 12.2 Å². The maximum atomic E-state index is 13.1. The number of hydrogen-bond donors (Lipinski definition) is 1. The van der Waals surface area contributed by atoms with Crippen molar-refractivity contribution in [3.63, 3.8) is 0 Å². The van der Waals surface area contributed by atoms with Crippen molar-refractivity contribution in [1.82, 2.24) is 20.1 Å². The van der Waals surface area contributed by atoms with E-state index in [9.17, 15) is 18.0 Å². The van der Waals surface area contributed by atoms with Crippen LogP contribution in [0.5, 0.6) is 0 Å². The largest absolute Gasteiger partial charge is 0.417 e. The molecule has 1 aromatic heterocycles. The average Bonchev–Trinajstić information content (AvgIpc) is 3.30. The van der Waals surface area contributed by atoms with Gasteiger partial charge in [-0.1, -0.05) is 45.0 Å². The summed E-state index contributed by atoms with van der Waals surface area (Å²) in [6.07, 6.45) is -1.19. The van der Waals surface area contributed by atoms with Crippen molar-refractivity contribution in [3.8, 4) is 0 Å². The zero-order chi connectivity index (χ0) is 25.2. The van der Waals surface area contributed by atoms with Gasteiger partial charge in [0.05, 0.1) is 5.56 Å². The van der Waals surface area contributed by atoms with Crippen LogP contribution in [0.2, 0.25) is 0 Å². The Morgan fingerprint density at radius 1 is 1.14 bits per heavy atom. The number of fused-ring (bicyclic) bond motifs is 1. The Morgan fingerprint density at radius 3 is 2.57 bits per heavy atom. The van der Waals surface area contributed by atoms with E-state index >= 15 is 0 Å². The van der Waals surface area contributed by atoms with Gasteiger partial charge in [0.25, 0.3) is 0 Å². The van der Waals surface area contributed by atoms with E-state index in [2.05, 4.69) is 55.3 Å². The van der Waals surface area contributed by atoms with Crippen molar-refractivity contribution < 1.29 is 18.0 Å². The van der Waals surface area contributed by atoms with E-state index in [4.69, 9.17) is 0 Å². The molecule has 2 atom stereocenters. The third kappa shape index (κ3) is 6.34. The average molecular weight is 489 g/mol. The molecule has 5 nitrogen and oxygen atoms in total. The lowest BCUT2D eigenvalue weighted by Gasteiger charge is -2.32. The number of hydrogen-bond acceptors (Lipinski definition) is 3. The highest BCUT2D eigenvalue weighted by molar-refractivity contribution is 5.75. The molecule has 0 bridgehead atoms. The molecule has 8 heteroatoms. The number of benzene rings is 1. The Balaban J connectivity index is 1.25. The molecule has 0 spiro atoms. The van der Waals surface area contributed by atoms with Gasteiger partial charge < -0.3 is 15.1 Å². The molecule has 0 saturated carbocycles. The molecule has 0 aliphatic carbocycles. The Bertz CT molecular complexity index is 1020. The Hall–Kier alpha value is -2.61.